The van der Waals surface area contributed by atoms with Crippen LogP contribution in [0.3, 0.4) is 0 Å². The van der Waals surface area contributed by atoms with Gasteiger partial charge in [-0.3, -0.25) is 9.88 Å². The number of cyclic esters (lactones) is 1. The third-order valence-corrected chi connectivity index (χ3v) is 6.13. The van der Waals surface area contributed by atoms with Gasteiger partial charge in [0.05, 0.1) is 36.5 Å². The Hall–Kier alpha value is -3.59. The molecule has 1 aromatic carbocycles. The lowest BCUT2D eigenvalue weighted by atomic mass is 10.0. The molecule has 1 N–H and O–H groups in total. The van der Waals surface area contributed by atoms with Crippen molar-refractivity contribution in [2.75, 3.05) is 31.8 Å². The first-order valence-corrected chi connectivity index (χ1v) is 11.4. The summed E-state index contributed by atoms with van der Waals surface area (Å²) < 4.78 is 21.9. The van der Waals surface area contributed by atoms with Crippen molar-refractivity contribution < 1.29 is 28.8 Å². The maximum Gasteiger partial charge on any atom is 0.414 e. The molecular formula is C25H27N3O6. The van der Waals surface area contributed by atoms with Crippen molar-refractivity contribution in [1.29, 1.82) is 0 Å². The normalized spacial score (nSPS) is 18.1. The highest BCUT2D eigenvalue weighted by Crippen LogP contribution is 2.35. The summed E-state index contributed by atoms with van der Waals surface area (Å²) in [5, 5.41) is 10.6. The van der Waals surface area contributed by atoms with Gasteiger partial charge in [0.2, 0.25) is 5.88 Å². The van der Waals surface area contributed by atoms with E-state index in [0.29, 0.717) is 68.5 Å². The second-order valence-corrected chi connectivity index (χ2v) is 8.41. The van der Waals surface area contributed by atoms with E-state index in [9.17, 15) is 9.90 Å². The number of aromatic nitrogens is 2. The average Bonchev–Trinajstić information content (AvgIpc) is 3.25. The molecule has 34 heavy (non-hydrogen) atoms. The number of carbonyl (C=O) groups excluding carboxylic acids is 1. The number of benzene rings is 1. The number of ether oxygens (including phenoxy) is 4. The predicted molar refractivity (Wildman–Crippen MR) is 125 cm³/mol. The number of hydrogen-bond donors (Lipinski definition) is 1. The van der Waals surface area contributed by atoms with Crippen molar-refractivity contribution in [3.63, 3.8) is 0 Å². The minimum atomic E-state index is -0.518. The van der Waals surface area contributed by atoms with Crippen LogP contribution >= 0.6 is 0 Å². The highest BCUT2D eigenvalue weighted by molar-refractivity contribution is 5.90. The summed E-state index contributed by atoms with van der Waals surface area (Å²) in [6.07, 6.45) is 2.92. The van der Waals surface area contributed by atoms with Gasteiger partial charge in [0.1, 0.15) is 19.3 Å². The van der Waals surface area contributed by atoms with Crippen LogP contribution in [0, 0.1) is 0 Å². The van der Waals surface area contributed by atoms with Crippen LogP contribution in [0.5, 0.6) is 17.4 Å². The van der Waals surface area contributed by atoms with Crippen molar-refractivity contribution in [3.8, 4) is 17.4 Å². The van der Waals surface area contributed by atoms with Gasteiger partial charge in [0.15, 0.2) is 11.5 Å². The number of methoxy groups -OCH3 is 1. The number of aryl methyl sites for hydroxylation is 1. The number of carbonyl (C=O) groups is 1. The van der Waals surface area contributed by atoms with Crippen LogP contribution < -0.4 is 19.1 Å². The van der Waals surface area contributed by atoms with Gasteiger partial charge in [-0.2, -0.15) is 0 Å². The van der Waals surface area contributed by atoms with E-state index >= 15 is 0 Å². The van der Waals surface area contributed by atoms with E-state index in [4.69, 9.17) is 18.9 Å². The molecular weight excluding hydrogens is 438 g/mol. The topological polar surface area (TPSA) is 103 Å². The number of nitrogens with zero attached hydrogens (tertiary/aromatic N) is 3. The molecule has 1 saturated heterocycles. The van der Waals surface area contributed by atoms with Crippen LogP contribution in [-0.2, 0) is 11.2 Å². The molecule has 9 nitrogen and oxygen atoms in total. The van der Waals surface area contributed by atoms with Crippen molar-refractivity contribution in [3.05, 3.63) is 48.2 Å². The first kappa shape index (κ1) is 22.2. The Bertz CT molecular complexity index is 1190. The van der Waals surface area contributed by atoms with Crippen LogP contribution in [-0.4, -0.2) is 60.2 Å². The van der Waals surface area contributed by atoms with E-state index in [0.717, 1.165) is 16.6 Å². The van der Waals surface area contributed by atoms with Gasteiger partial charge in [0, 0.05) is 18.3 Å². The molecule has 0 radical (unpaired) electrons. The predicted octanol–water partition coefficient (Wildman–Crippen LogP) is 3.51. The van der Waals surface area contributed by atoms with Gasteiger partial charge in [-0.15, -0.1) is 0 Å². The van der Waals surface area contributed by atoms with Crippen LogP contribution in [0.25, 0.3) is 11.0 Å². The SMILES string of the molecule is COc1ccc2nccc(CC[C@@H](O)CC[C@H]3CN(c4ccc5c(c4)OCCO5)C(=O)O3)c2n1. The molecule has 0 spiro atoms. The number of aliphatic hydroxyl groups is 1. The number of aliphatic hydroxyl groups excluding tert-OH is 1. The van der Waals surface area contributed by atoms with E-state index < -0.39 is 6.10 Å². The lowest BCUT2D eigenvalue weighted by molar-refractivity contribution is 0.107. The minimum Gasteiger partial charge on any atom is -0.486 e. The van der Waals surface area contributed by atoms with Gasteiger partial charge in [-0.05, 0) is 55.5 Å². The second kappa shape index (κ2) is 9.72. The largest absolute Gasteiger partial charge is 0.486 e. The fourth-order valence-electron chi connectivity index (χ4n) is 4.30. The first-order valence-electron chi connectivity index (χ1n) is 11.4. The summed E-state index contributed by atoms with van der Waals surface area (Å²) in [6, 6.07) is 11.0. The summed E-state index contributed by atoms with van der Waals surface area (Å²) in [6.45, 7) is 1.44. The number of fused-ring (bicyclic) bond motifs is 2. The molecule has 1 fully saturated rings. The molecule has 2 aliphatic heterocycles. The maximum atomic E-state index is 12.4. The lowest BCUT2D eigenvalue weighted by Crippen LogP contribution is -2.25. The maximum absolute atomic E-state index is 12.4. The lowest BCUT2D eigenvalue weighted by Gasteiger charge is -2.21. The molecule has 1 amide bonds. The Kier molecular flexibility index (Phi) is 6.35. The van der Waals surface area contributed by atoms with Gasteiger partial charge in [-0.25, -0.2) is 9.78 Å². The molecule has 4 heterocycles. The molecule has 0 unspecified atom stereocenters. The molecule has 0 saturated carbocycles. The van der Waals surface area contributed by atoms with Gasteiger partial charge in [0.25, 0.3) is 0 Å². The molecule has 0 bridgehead atoms. The quantitative estimate of drug-likeness (QED) is 0.539. The molecule has 2 atom stereocenters. The van der Waals surface area contributed by atoms with Crippen molar-refractivity contribution >= 4 is 22.8 Å². The fraction of sp³-hybridized carbons (Fsp3) is 0.400. The molecule has 2 aromatic heterocycles. The number of anilines is 1. The van der Waals surface area contributed by atoms with E-state index in [2.05, 4.69) is 9.97 Å². The summed E-state index contributed by atoms with van der Waals surface area (Å²) in [7, 11) is 1.58. The number of rotatable bonds is 8. The van der Waals surface area contributed by atoms with E-state index in [1.807, 2.05) is 18.2 Å². The Morgan fingerprint density at radius 3 is 2.85 bits per heavy atom. The minimum absolute atomic E-state index is 0.275. The van der Waals surface area contributed by atoms with Crippen LogP contribution in [0.2, 0.25) is 0 Å². The standard InChI is InChI=1S/C25H27N3O6/c1-31-23-9-7-20-24(27-23)16(10-11-26-20)2-4-18(29)5-6-19-15-28(25(30)34-19)17-3-8-21-22(14-17)33-13-12-32-21/h3,7-11,14,18-19,29H,2,4-6,12-13,15H2,1H3/t18-,19+/m1/s1. The monoisotopic (exact) mass is 465 g/mol. The molecule has 3 aromatic rings. The van der Waals surface area contributed by atoms with Crippen LogP contribution in [0.1, 0.15) is 24.8 Å². The highest BCUT2D eigenvalue weighted by atomic mass is 16.6. The van der Waals surface area contributed by atoms with Gasteiger partial charge >= 0.3 is 6.09 Å². The Morgan fingerprint density at radius 1 is 1.15 bits per heavy atom. The van der Waals surface area contributed by atoms with Gasteiger partial charge < -0.3 is 24.1 Å². The zero-order valence-corrected chi connectivity index (χ0v) is 19.0. The third-order valence-electron chi connectivity index (χ3n) is 6.13. The number of hydrogen-bond acceptors (Lipinski definition) is 8. The van der Waals surface area contributed by atoms with E-state index in [1.165, 1.54) is 0 Å². The van der Waals surface area contributed by atoms with Crippen molar-refractivity contribution in [2.45, 2.75) is 37.9 Å². The average molecular weight is 466 g/mol. The molecule has 0 aliphatic carbocycles. The first-order chi connectivity index (χ1) is 16.6. The van der Waals surface area contributed by atoms with Crippen molar-refractivity contribution in [1.82, 2.24) is 9.97 Å². The summed E-state index contributed by atoms with van der Waals surface area (Å²) in [5.41, 5.74) is 3.31. The Morgan fingerprint density at radius 2 is 2.00 bits per heavy atom. The Balaban J connectivity index is 1.15. The molecule has 2 aliphatic rings. The number of pyridine rings is 2. The zero-order valence-electron chi connectivity index (χ0n) is 19.0. The van der Waals surface area contributed by atoms with Crippen molar-refractivity contribution in [2.24, 2.45) is 0 Å². The second-order valence-electron chi connectivity index (χ2n) is 8.41. The molecule has 9 heteroatoms. The van der Waals surface area contributed by atoms with E-state index in [-0.39, 0.29) is 12.2 Å². The molecule has 178 valence electrons. The smallest absolute Gasteiger partial charge is 0.414 e. The van der Waals surface area contributed by atoms with Crippen LogP contribution in [0.4, 0.5) is 10.5 Å². The van der Waals surface area contributed by atoms with E-state index in [1.54, 1.807) is 36.4 Å². The molecule has 5 rings (SSSR count). The summed E-state index contributed by atoms with van der Waals surface area (Å²) in [5.74, 6) is 1.84. The fourth-order valence-corrected chi connectivity index (χ4v) is 4.30. The highest BCUT2D eigenvalue weighted by Gasteiger charge is 2.33. The zero-order chi connectivity index (χ0) is 23.5. The van der Waals surface area contributed by atoms with Crippen LogP contribution in [0.15, 0.2) is 42.6 Å². The van der Waals surface area contributed by atoms with Gasteiger partial charge in [-0.1, -0.05) is 0 Å². The number of amides is 1. The third kappa shape index (κ3) is 4.70. The summed E-state index contributed by atoms with van der Waals surface area (Å²) >= 11 is 0. The summed E-state index contributed by atoms with van der Waals surface area (Å²) in [4.78, 5) is 22.9. The Labute approximate surface area is 197 Å².